The number of amides is 2. The second-order valence-corrected chi connectivity index (χ2v) is 10.3. The molecule has 2 amide bonds. The van der Waals surface area contributed by atoms with Crippen molar-refractivity contribution in [1.82, 2.24) is 25.2 Å². The van der Waals surface area contributed by atoms with Crippen molar-refractivity contribution in [3.8, 4) is 0 Å². The number of aromatic nitrogens is 3. The van der Waals surface area contributed by atoms with E-state index < -0.39 is 0 Å². The molecule has 2 aliphatic rings. The van der Waals surface area contributed by atoms with Crippen molar-refractivity contribution in [2.75, 3.05) is 37.3 Å². The van der Waals surface area contributed by atoms with E-state index in [0.717, 1.165) is 73.6 Å². The first-order valence-corrected chi connectivity index (χ1v) is 13.1. The number of carbonyl (C=O) groups is 2. The lowest BCUT2D eigenvalue weighted by atomic mass is 9.91. The number of fused-ring (bicyclic) bond motifs is 1. The molecule has 5 heterocycles. The first-order valence-electron chi connectivity index (χ1n) is 12.3. The van der Waals surface area contributed by atoms with E-state index in [0.29, 0.717) is 22.9 Å². The van der Waals surface area contributed by atoms with Crippen molar-refractivity contribution < 1.29 is 9.59 Å². The zero-order chi connectivity index (χ0) is 24.4. The smallest absolute Gasteiger partial charge is 0.263 e. The number of piperidine rings is 2. The third kappa shape index (κ3) is 4.80. The van der Waals surface area contributed by atoms with Gasteiger partial charge in [-0.05, 0) is 56.2 Å². The lowest BCUT2D eigenvalue weighted by Crippen LogP contribution is -2.41. The summed E-state index contributed by atoms with van der Waals surface area (Å²) in [7, 11) is 1.59. The Morgan fingerprint density at radius 3 is 2.63 bits per heavy atom. The highest BCUT2D eigenvalue weighted by molar-refractivity contribution is 7.21. The molecule has 5 rings (SSSR count). The lowest BCUT2D eigenvalue weighted by Gasteiger charge is -2.37. The summed E-state index contributed by atoms with van der Waals surface area (Å²) in [5.74, 6) is 1.14. The summed E-state index contributed by atoms with van der Waals surface area (Å²) in [5.41, 5.74) is 7.55. The van der Waals surface area contributed by atoms with Crippen molar-refractivity contribution in [2.24, 2.45) is 5.92 Å². The van der Waals surface area contributed by atoms with E-state index in [1.807, 2.05) is 23.1 Å². The SMILES string of the molecule is CNC(=O)c1sc2nc(C3CCCCN3C(=O)CC3CCN(c4ncccn4)CC3)ccc2c1N. The highest BCUT2D eigenvalue weighted by atomic mass is 32.1. The Kier molecular flexibility index (Phi) is 6.81. The number of likely N-dealkylation sites (tertiary alicyclic amines) is 1. The maximum Gasteiger partial charge on any atom is 0.263 e. The molecule has 9 nitrogen and oxygen atoms in total. The number of anilines is 2. The molecule has 0 radical (unpaired) electrons. The van der Waals surface area contributed by atoms with Gasteiger partial charge in [-0.15, -0.1) is 11.3 Å². The lowest BCUT2D eigenvalue weighted by molar-refractivity contribution is -0.136. The Hall–Kier alpha value is -3.27. The third-order valence-corrected chi connectivity index (χ3v) is 8.24. The van der Waals surface area contributed by atoms with Crippen LogP contribution in [-0.4, -0.2) is 58.3 Å². The Labute approximate surface area is 208 Å². The molecule has 2 fully saturated rings. The van der Waals surface area contributed by atoms with Gasteiger partial charge >= 0.3 is 0 Å². The van der Waals surface area contributed by atoms with E-state index in [9.17, 15) is 9.59 Å². The van der Waals surface area contributed by atoms with Crippen molar-refractivity contribution in [3.63, 3.8) is 0 Å². The van der Waals surface area contributed by atoms with Crippen molar-refractivity contribution in [2.45, 2.75) is 44.6 Å². The van der Waals surface area contributed by atoms with E-state index in [4.69, 9.17) is 10.7 Å². The van der Waals surface area contributed by atoms with Crippen LogP contribution in [0.15, 0.2) is 30.6 Å². The molecule has 0 saturated carbocycles. The van der Waals surface area contributed by atoms with Gasteiger partial charge in [0, 0.05) is 50.9 Å². The van der Waals surface area contributed by atoms with Crippen LogP contribution in [0.5, 0.6) is 0 Å². The number of hydrogen-bond donors (Lipinski definition) is 2. The topological polar surface area (TPSA) is 117 Å². The number of nitrogens with zero attached hydrogens (tertiary/aromatic N) is 5. The number of hydrogen-bond acceptors (Lipinski definition) is 8. The molecule has 0 aromatic carbocycles. The molecule has 35 heavy (non-hydrogen) atoms. The molecule has 2 aliphatic heterocycles. The zero-order valence-corrected chi connectivity index (χ0v) is 20.8. The second-order valence-electron chi connectivity index (χ2n) is 9.29. The van der Waals surface area contributed by atoms with Gasteiger partial charge < -0.3 is 20.9 Å². The largest absolute Gasteiger partial charge is 0.397 e. The monoisotopic (exact) mass is 493 g/mol. The number of thiophene rings is 1. The Morgan fingerprint density at radius 1 is 1.11 bits per heavy atom. The van der Waals surface area contributed by atoms with Crippen LogP contribution >= 0.6 is 11.3 Å². The van der Waals surface area contributed by atoms with Crippen LogP contribution in [0.2, 0.25) is 0 Å². The molecule has 3 aromatic rings. The zero-order valence-electron chi connectivity index (χ0n) is 19.9. The van der Waals surface area contributed by atoms with E-state index in [1.54, 1.807) is 19.4 Å². The highest BCUT2D eigenvalue weighted by Gasteiger charge is 2.32. The summed E-state index contributed by atoms with van der Waals surface area (Å²) in [6.45, 7) is 2.50. The van der Waals surface area contributed by atoms with Gasteiger partial charge in [-0.25, -0.2) is 15.0 Å². The van der Waals surface area contributed by atoms with Gasteiger partial charge in [0.1, 0.15) is 9.71 Å². The summed E-state index contributed by atoms with van der Waals surface area (Å²) in [6, 6.07) is 5.69. The number of nitrogen functional groups attached to an aromatic ring is 1. The Morgan fingerprint density at radius 2 is 1.89 bits per heavy atom. The molecule has 2 saturated heterocycles. The van der Waals surface area contributed by atoms with E-state index in [1.165, 1.54) is 11.3 Å². The second kappa shape index (κ2) is 10.2. The summed E-state index contributed by atoms with van der Waals surface area (Å²) >= 11 is 1.30. The van der Waals surface area contributed by atoms with Gasteiger partial charge in [-0.1, -0.05) is 0 Å². The van der Waals surface area contributed by atoms with E-state index in [-0.39, 0.29) is 17.9 Å². The predicted octanol–water partition coefficient (Wildman–Crippen LogP) is 3.39. The number of nitrogens with one attached hydrogen (secondary N) is 1. The van der Waals surface area contributed by atoms with E-state index in [2.05, 4.69) is 20.2 Å². The number of rotatable bonds is 5. The van der Waals surface area contributed by atoms with Crippen molar-refractivity contribution >= 4 is 45.0 Å². The maximum atomic E-state index is 13.4. The molecule has 1 atom stereocenters. The molecule has 3 aromatic heterocycles. The summed E-state index contributed by atoms with van der Waals surface area (Å²) < 4.78 is 0. The maximum absolute atomic E-state index is 13.4. The summed E-state index contributed by atoms with van der Waals surface area (Å²) in [6.07, 6.45) is 9.01. The third-order valence-electron chi connectivity index (χ3n) is 7.13. The van der Waals surface area contributed by atoms with Crippen molar-refractivity contribution in [1.29, 1.82) is 0 Å². The van der Waals surface area contributed by atoms with Crippen LogP contribution in [0.25, 0.3) is 10.2 Å². The van der Waals surface area contributed by atoms with Crippen molar-refractivity contribution in [3.05, 3.63) is 41.2 Å². The van der Waals surface area contributed by atoms with Crippen LogP contribution < -0.4 is 16.0 Å². The van der Waals surface area contributed by atoms with Gasteiger partial charge in [0.2, 0.25) is 11.9 Å². The molecule has 1 unspecified atom stereocenters. The fourth-order valence-corrected chi connectivity index (χ4v) is 6.22. The average molecular weight is 494 g/mol. The molecule has 10 heteroatoms. The molecule has 0 spiro atoms. The van der Waals surface area contributed by atoms with E-state index >= 15 is 0 Å². The summed E-state index contributed by atoms with van der Waals surface area (Å²) in [4.78, 5) is 44.6. The molecular weight excluding hydrogens is 462 g/mol. The average Bonchev–Trinajstić information content (AvgIpc) is 3.24. The van der Waals surface area contributed by atoms with Gasteiger partial charge in [0.15, 0.2) is 0 Å². The van der Waals surface area contributed by atoms with Crippen LogP contribution in [-0.2, 0) is 4.79 Å². The first-order chi connectivity index (χ1) is 17.0. The molecule has 3 N–H and O–H groups in total. The molecule has 0 bridgehead atoms. The van der Waals surface area contributed by atoms with Crippen LogP contribution in [0.3, 0.4) is 0 Å². The van der Waals surface area contributed by atoms with Gasteiger partial charge in [-0.2, -0.15) is 0 Å². The summed E-state index contributed by atoms with van der Waals surface area (Å²) in [5, 5.41) is 3.43. The number of nitrogens with two attached hydrogens (primary N) is 1. The van der Waals surface area contributed by atoms with Gasteiger partial charge in [0.25, 0.3) is 5.91 Å². The van der Waals surface area contributed by atoms with Gasteiger partial charge in [-0.3, -0.25) is 9.59 Å². The first kappa shape index (κ1) is 23.5. The quantitative estimate of drug-likeness (QED) is 0.559. The number of carbonyl (C=O) groups excluding carboxylic acids is 2. The van der Waals surface area contributed by atoms with Crippen LogP contribution in [0.4, 0.5) is 11.6 Å². The minimum atomic E-state index is -0.202. The molecule has 0 aliphatic carbocycles. The molecule has 184 valence electrons. The number of pyridine rings is 1. The van der Waals surface area contributed by atoms with Crippen LogP contribution in [0, 0.1) is 5.92 Å². The predicted molar refractivity (Wildman–Crippen MR) is 137 cm³/mol. The van der Waals surface area contributed by atoms with Gasteiger partial charge in [0.05, 0.1) is 17.4 Å². The Bertz CT molecular complexity index is 1210. The fourth-order valence-electron chi connectivity index (χ4n) is 5.17. The molecular formula is C25H31N7O2S. The minimum Gasteiger partial charge on any atom is -0.397 e. The minimum absolute atomic E-state index is 0.0368. The normalized spacial score (nSPS) is 19.2. The highest BCUT2D eigenvalue weighted by Crippen LogP contribution is 2.37. The van der Waals surface area contributed by atoms with Crippen LogP contribution in [0.1, 0.15) is 59.9 Å². The Balaban J connectivity index is 1.28. The fraction of sp³-hybridized carbons (Fsp3) is 0.480. The standard InChI is InChI=1S/C25H31N7O2S/c1-27-23(34)22-21(26)17-6-7-18(30-24(17)35-22)19-5-2-3-12-32(19)20(33)15-16-8-13-31(14-9-16)25-28-10-4-11-29-25/h4,6-7,10-11,16,19H,2-3,5,8-9,12-15,26H2,1H3,(H,27,34).